The highest BCUT2D eigenvalue weighted by Crippen LogP contribution is 2.12. The minimum Gasteiger partial charge on any atom is -0.273 e. The summed E-state index contributed by atoms with van der Waals surface area (Å²) in [5.41, 5.74) is 6.69. The van der Waals surface area contributed by atoms with Gasteiger partial charge in [-0.15, -0.1) is 0 Å². The summed E-state index contributed by atoms with van der Waals surface area (Å²) in [7, 11) is -3.23. The molecule has 1 aromatic rings. The number of amides is 1. The van der Waals surface area contributed by atoms with Crippen LogP contribution in [0.3, 0.4) is 0 Å². The van der Waals surface area contributed by atoms with E-state index in [1.54, 1.807) is 30.3 Å². The smallest absolute Gasteiger partial charge is 0.238 e. The van der Waals surface area contributed by atoms with Gasteiger partial charge in [-0.3, -0.25) is 10.5 Å². The van der Waals surface area contributed by atoms with E-state index in [9.17, 15) is 13.2 Å². The number of rotatable bonds is 6. The highest BCUT2D eigenvalue weighted by Gasteiger charge is 2.13. The van der Waals surface area contributed by atoms with Crippen LogP contribution < -0.4 is 5.73 Å². The molecule has 1 amide bonds. The highest BCUT2D eigenvalue weighted by molar-refractivity contribution is 7.91. The van der Waals surface area contributed by atoms with Crippen LogP contribution in [0.1, 0.15) is 19.3 Å². The van der Waals surface area contributed by atoms with Gasteiger partial charge < -0.3 is 0 Å². The molecule has 16 heavy (non-hydrogen) atoms. The first-order chi connectivity index (χ1) is 7.52. The first kappa shape index (κ1) is 12.7. The quantitative estimate of drug-likeness (QED) is 0.706. The molecular weight excluding hydrogens is 226 g/mol. The Bertz CT molecular complexity index is 440. The summed E-state index contributed by atoms with van der Waals surface area (Å²) in [6, 6.07) is 8.24. The minimum absolute atomic E-state index is 0.0320. The van der Waals surface area contributed by atoms with E-state index in [4.69, 9.17) is 5.73 Å². The van der Waals surface area contributed by atoms with Crippen LogP contribution in [0, 0.1) is 0 Å². The van der Waals surface area contributed by atoms with E-state index < -0.39 is 15.7 Å². The summed E-state index contributed by atoms with van der Waals surface area (Å²) in [5, 5.41) is 0. The van der Waals surface area contributed by atoms with Crippen LogP contribution in [0.15, 0.2) is 35.2 Å². The Morgan fingerprint density at radius 3 is 2.31 bits per heavy atom. The molecule has 0 bridgehead atoms. The molecule has 4 nitrogen and oxygen atoms in total. The molecule has 0 aliphatic heterocycles. The number of sulfone groups is 1. The Hall–Kier alpha value is -1.36. The fourth-order valence-corrected chi connectivity index (χ4v) is 2.71. The van der Waals surface area contributed by atoms with Crippen molar-refractivity contribution < 1.29 is 13.2 Å². The summed E-state index contributed by atoms with van der Waals surface area (Å²) >= 11 is 0. The van der Waals surface area contributed by atoms with Gasteiger partial charge in [0.25, 0.3) is 0 Å². The number of hydrogen-bond donors (Lipinski definition) is 0. The van der Waals surface area contributed by atoms with Gasteiger partial charge in [0.15, 0.2) is 9.84 Å². The normalized spacial score (nSPS) is 11.2. The molecule has 0 unspecified atom stereocenters. The summed E-state index contributed by atoms with van der Waals surface area (Å²) in [6.07, 6.45) is 1.00. The predicted molar refractivity (Wildman–Crippen MR) is 60.4 cm³/mol. The van der Waals surface area contributed by atoms with Crippen molar-refractivity contribution >= 4 is 15.7 Å². The Morgan fingerprint density at radius 2 is 1.75 bits per heavy atom. The van der Waals surface area contributed by atoms with Gasteiger partial charge in [-0.2, -0.15) is 0 Å². The van der Waals surface area contributed by atoms with Crippen molar-refractivity contribution in [1.82, 2.24) is 5.73 Å². The molecule has 5 heteroatoms. The van der Waals surface area contributed by atoms with E-state index in [1.165, 1.54) is 0 Å². The molecule has 1 aromatic carbocycles. The molecular formula is C11H14NO3S. The summed E-state index contributed by atoms with van der Waals surface area (Å²) in [5.74, 6) is -0.610. The number of carbonyl (C=O) groups is 1. The SMILES string of the molecule is [NH]C(=O)CCCCS(=O)(=O)c1ccccc1. The van der Waals surface area contributed by atoms with Gasteiger partial charge in [0, 0.05) is 6.42 Å². The number of benzene rings is 1. The van der Waals surface area contributed by atoms with Crippen molar-refractivity contribution in [2.24, 2.45) is 0 Å². The van der Waals surface area contributed by atoms with Crippen molar-refractivity contribution in [2.75, 3.05) is 5.75 Å². The Kier molecular flexibility index (Phi) is 4.49. The molecule has 0 aliphatic rings. The van der Waals surface area contributed by atoms with Crippen molar-refractivity contribution in [3.05, 3.63) is 30.3 Å². The molecule has 0 saturated heterocycles. The van der Waals surface area contributed by atoms with Crippen LogP contribution in [-0.2, 0) is 14.6 Å². The molecule has 0 aliphatic carbocycles. The molecule has 0 fully saturated rings. The highest BCUT2D eigenvalue weighted by atomic mass is 32.2. The largest absolute Gasteiger partial charge is 0.273 e. The Labute approximate surface area is 95.4 Å². The van der Waals surface area contributed by atoms with Gasteiger partial charge in [0.2, 0.25) is 5.91 Å². The zero-order valence-corrected chi connectivity index (χ0v) is 9.66. The van der Waals surface area contributed by atoms with Gasteiger partial charge in [-0.1, -0.05) is 18.2 Å². The third-order valence-corrected chi connectivity index (χ3v) is 3.99. The third kappa shape index (κ3) is 4.02. The third-order valence-electron chi connectivity index (χ3n) is 2.17. The molecule has 1 radical (unpaired) electrons. The van der Waals surface area contributed by atoms with Crippen molar-refractivity contribution in [3.63, 3.8) is 0 Å². The average Bonchev–Trinajstić information content (AvgIpc) is 2.26. The van der Waals surface area contributed by atoms with Gasteiger partial charge in [0.1, 0.15) is 0 Å². The maximum atomic E-state index is 11.7. The fraction of sp³-hybridized carbons (Fsp3) is 0.364. The summed E-state index contributed by atoms with van der Waals surface area (Å²) < 4.78 is 23.5. The average molecular weight is 240 g/mol. The van der Waals surface area contributed by atoms with Crippen LogP contribution in [0.2, 0.25) is 0 Å². The van der Waals surface area contributed by atoms with E-state index >= 15 is 0 Å². The fourth-order valence-electron chi connectivity index (χ4n) is 1.32. The number of nitrogens with one attached hydrogen (secondary N) is 1. The van der Waals surface area contributed by atoms with E-state index in [0.29, 0.717) is 17.7 Å². The first-order valence-electron chi connectivity index (χ1n) is 5.04. The van der Waals surface area contributed by atoms with E-state index in [2.05, 4.69) is 0 Å². The van der Waals surface area contributed by atoms with Gasteiger partial charge in [0.05, 0.1) is 10.6 Å². The molecule has 0 saturated carbocycles. The second-order valence-corrected chi connectivity index (χ2v) is 5.62. The molecule has 1 rings (SSSR count). The van der Waals surface area contributed by atoms with Crippen LogP contribution in [0.5, 0.6) is 0 Å². The standard InChI is InChI=1S/C11H14NO3S/c12-11(13)8-4-5-9-16(14,15)10-6-2-1-3-7-10/h1-3,6-7,12H,4-5,8-9H2. The lowest BCUT2D eigenvalue weighted by Gasteiger charge is -2.03. The van der Waals surface area contributed by atoms with Gasteiger partial charge in [-0.25, -0.2) is 8.42 Å². The number of carbonyl (C=O) groups excluding carboxylic acids is 1. The Balaban J connectivity index is 2.51. The maximum absolute atomic E-state index is 11.7. The van der Waals surface area contributed by atoms with E-state index in [-0.39, 0.29) is 12.2 Å². The van der Waals surface area contributed by atoms with E-state index in [0.717, 1.165) is 0 Å². The second-order valence-electron chi connectivity index (χ2n) is 3.51. The van der Waals surface area contributed by atoms with Gasteiger partial charge >= 0.3 is 0 Å². The van der Waals surface area contributed by atoms with Crippen LogP contribution in [-0.4, -0.2) is 20.1 Å². The van der Waals surface area contributed by atoms with Crippen LogP contribution >= 0.6 is 0 Å². The van der Waals surface area contributed by atoms with Gasteiger partial charge in [-0.05, 0) is 25.0 Å². The van der Waals surface area contributed by atoms with Crippen molar-refractivity contribution in [2.45, 2.75) is 24.2 Å². The zero-order valence-electron chi connectivity index (χ0n) is 8.85. The summed E-state index contributed by atoms with van der Waals surface area (Å²) in [4.78, 5) is 10.7. The molecule has 0 atom stereocenters. The molecule has 0 heterocycles. The molecule has 1 N–H and O–H groups in total. The lowest BCUT2D eigenvalue weighted by molar-refractivity contribution is -0.118. The number of hydrogen-bond acceptors (Lipinski definition) is 3. The lowest BCUT2D eigenvalue weighted by atomic mass is 10.2. The van der Waals surface area contributed by atoms with Crippen molar-refractivity contribution in [3.8, 4) is 0 Å². The molecule has 0 aromatic heterocycles. The maximum Gasteiger partial charge on any atom is 0.238 e. The topological polar surface area (TPSA) is 75.0 Å². The van der Waals surface area contributed by atoms with Crippen molar-refractivity contribution in [1.29, 1.82) is 0 Å². The lowest BCUT2D eigenvalue weighted by Crippen LogP contribution is -2.07. The second kappa shape index (κ2) is 5.65. The monoisotopic (exact) mass is 240 g/mol. The van der Waals surface area contributed by atoms with Crippen LogP contribution in [0.25, 0.3) is 0 Å². The summed E-state index contributed by atoms with van der Waals surface area (Å²) in [6.45, 7) is 0. The molecule has 0 spiro atoms. The Morgan fingerprint density at radius 1 is 1.12 bits per heavy atom. The number of unbranched alkanes of at least 4 members (excludes halogenated alkanes) is 1. The first-order valence-corrected chi connectivity index (χ1v) is 6.70. The van der Waals surface area contributed by atoms with Crippen LogP contribution in [0.4, 0.5) is 0 Å². The predicted octanol–water partition coefficient (Wildman–Crippen LogP) is 1.44. The molecule has 87 valence electrons. The minimum atomic E-state index is -3.23. The zero-order chi connectivity index (χ0) is 12.0. The van der Waals surface area contributed by atoms with E-state index in [1.807, 2.05) is 0 Å².